The molecule has 1 aliphatic rings. The van der Waals surface area contributed by atoms with Gasteiger partial charge in [0.15, 0.2) is 0 Å². The van der Waals surface area contributed by atoms with Crippen molar-refractivity contribution in [2.24, 2.45) is 0 Å². The Balaban J connectivity index is 2.19. The molecule has 1 atom stereocenters. The molecule has 0 radical (unpaired) electrons. The van der Waals surface area contributed by atoms with Gasteiger partial charge >= 0.3 is 0 Å². The van der Waals surface area contributed by atoms with Gasteiger partial charge in [-0.15, -0.1) is 0 Å². The van der Waals surface area contributed by atoms with Crippen LogP contribution in [0.1, 0.15) is 6.42 Å². The van der Waals surface area contributed by atoms with E-state index >= 15 is 0 Å². The summed E-state index contributed by atoms with van der Waals surface area (Å²) >= 11 is 0. The summed E-state index contributed by atoms with van der Waals surface area (Å²) in [5.41, 5.74) is 1.07. The van der Waals surface area contributed by atoms with Crippen molar-refractivity contribution in [2.45, 2.75) is 11.3 Å². The molecule has 2 heteroatoms. The van der Waals surface area contributed by atoms with Crippen LogP contribution in [-0.2, 0) is 10.8 Å². The second kappa shape index (κ2) is 4.41. The predicted molar refractivity (Wildman–Crippen MR) is 63.8 cm³/mol. The maximum Gasteiger partial charge on any atom is 0.0846 e. The third kappa shape index (κ3) is 2.16. The summed E-state index contributed by atoms with van der Waals surface area (Å²) in [6.07, 6.45) is 6.84. The molecule has 1 nitrogen and oxygen atoms in total. The Morgan fingerprint density at radius 1 is 1.27 bits per heavy atom. The first kappa shape index (κ1) is 10.1. The average Bonchev–Trinajstić information content (AvgIpc) is 2.82. The lowest BCUT2D eigenvalue weighted by Gasteiger charge is -2.06. The van der Waals surface area contributed by atoms with Gasteiger partial charge in [-0.25, -0.2) is 4.21 Å². The molecule has 1 aliphatic carbocycles. The number of hydrogen-bond donors (Lipinski definition) is 0. The average molecular weight is 216 g/mol. The number of benzene rings is 1. The molecule has 0 saturated carbocycles. The van der Waals surface area contributed by atoms with Gasteiger partial charge in [0.05, 0.1) is 10.8 Å². The van der Waals surface area contributed by atoms with Gasteiger partial charge in [-0.1, -0.05) is 43.0 Å². The first-order valence-electron chi connectivity index (χ1n) is 4.81. The zero-order valence-electron chi connectivity index (χ0n) is 8.35. The topological polar surface area (TPSA) is 17.1 Å². The lowest BCUT2D eigenvalue weighted by Crippen LogP contribution is -1.96. The highest BCUT2D eigenvalue weighted by atomic mass is 32.2. The highest BCUT2D eigenvalue weighted by Crippen LogP contribution is 2.24. The van der Waals surface area contributed by atoms with E-state index in [0.29, 0.717) is 4.91 Å². The quantitative estimate of drug-likeness (QED) is 0.758. The van der Waals surface area contributed by atoms with Crippen LogP contribution >= 0.6 is 0 Å². The fourth-order valence-corrected chi connectivity index (χ4v) is 2.54. The Hall–Kier alpha value is -1.41. The van der Waals surface area contributed by atoms with E-state index in [1.165, 1.54) is 0 Å². The first-order valence-corrected chi connectivity index (χ1v) is 5.96. The van der Waals surface area contributed by atoms with E-state index in [9.17, 15) is 4.21 Å². The van der Waals surface area contributed by atoms with Gasteiger partial charge < -0.3 is 0 Å². The molecule has 0 bridgehead atoms. The van der Waals surface area contributed by atoms with Crippen molar-refractivity contribution < 1.29 is 4.21 Å². The van der Waals surface area contributed by atoms with E-state index in [2.05, 4.69) is 6.58 Å². The molecule has 0 fully saturated rings. The molecule has 0 aromatic heterocycles. The van der Waals surface area contributed by atoms with Crippen LogP contribution in [0, 0.1) is 0 Å². The Kier molecular flexibility index (Phi) is 2.97. The van der Waals surface area contributed by atoms with Gasteiger partial charge in [-0.2, -0.15) is 0 Å². The lowest BCUT2D eigenvalue weighted by molar-refractivity contribution is 0.687. The van der Waals surface area contributed by atoms with E-state index in [1.54, 1.807) is 0 Å². The van der Waals surface area contributed by atoms with Gasteiger partial charge in [0, 0.05) is 9.80 Å². The summed E-state index contributed by atoms with van der Waals surface area (Å²) in [6.45, 7) is 3.90. The first-order chi connectivity index (χ1) is 7.29. The van der Waals surface area contributed by atoms with Crippen molar-refractivity contribution >= 4 is 10.8 Å². The molecule has 0 spiro atoms. The summed E-state index contributed by atoms with van der Waals surface area (Å²) in [5.74, 6) is 0. The van der Waals surface area contributed by atoms with Crippen molar-refractivity contribution in [3.63, 3.8) is 0 Å². The second-order valence-electron chi connectivity index (χ2n) is 3.33. The van der Waals surface area contributed by atoms with E-state index in [0.717, 1.165) is 16.9 Å². The van der Waals surface area contributed by atoms with Gasteiger partial charge in [0.1, 0.15) is 0 Å². The maximum atomic E-state index is 12.1. The lowest BCUT2D eigenvalue weighted by atomic mass is 10.2. The fraction of sp³-hybridized carbons (Fsp3) is 0.0769. The normalized spacial score (nSPS) is 16.1. The van der Waals surface area contributed by atoms with Crippen molar-refractivity contribution in [3.05, 3.63) is 65.6 Å². The third-order valence-corrected chi connectivity index (χ3v) is 3.72. The maximum absolute atomic E-state index is 12.1. The largest absolute Gasteiger partial charge is 0.249 e. The van der Waals surface area contributed by atoms with E-state index in [4.69, 9.17) is 0 Å². The Morgan fingerprint density at radius 3 is 2.60 bits per heavy atom. The highest BCUT2D eigenvalue weighted by Gasteiger charge is 2.12. The van der Waals surface area contributed by atoms with Crippen LogP contribution < -0.4 is 0 Å². The van der Waals surface area contributed by atoms with Crippen LogP contribution in [0.5, 0.6) is 0 Å². The minimum absolute atomic E-state index is 0.714. The molecule has 76 valence electrons. The van der Waals surface area contributed by atoms with Crippen molar-refractivity contribution in [1.29, 1.82) is 0 Å². The zero-order valence-corrected chi connectivity index (χ0v) is 9.17. The summed E-state index contributed by atoms with van der Waals surface area (Å²) in [7, 11) is -1.12. The molecule has 0 unspecified atom stereocenters. The van der Waals surface area contributed by atoms with Gasteiger partial charge in [-0.05, 0) is 24.1 Å². The summed E-state index contributed by atoms with van der Waals surface area (Å²) in [6, 6.07) is 9.43. The SMILES string of the molecule is C=C(C1=CC=CC1)[S@@](=O)c1ccccc1. The minimum atomic E-state index is -1.12. The van der Waals surface area contributed by atoms with Gasteiger partial charge in [0.2, 0.25) is 0 Å². The van der Waals surface area contributed by atoms with Gasteiger partial charge in [0.25, 0.3) is 0 Å². The molecule has 0 amide bonds. The molecule has 0 saturated heterocycles. The number of rotatable bonds is 3. The zero-order chi connectivity index (χ0) is 10.7. The fourth-order valence-electron chi connectivity index (χ4n) is 1.46. The smallest absolute Gasteiger partial charge is 0.0846 e. The van der Waals surface area contributed by atoms with Crippen LogP contribution in [0.15, 0.2) is 70.5 Å². The van der Waals surface area contributed by atoms with Gasteiger partial charge in [-0.3, -0.25) is 0 Å². The monoisotopic (exact) mass is 216 g/mol. The van der Waals surface area contributed by atoms with Crippen LogP contribution in [0.2, 0.25) is 0 Å². The van der Waals surface area contributed by atoms with Crippen LogP contribution in [0.4, 0.5) is 0 Å². The molecule has 1 aromatic carbocycles. The van der Waals surface area contributed by atoms with E-state index in [1.807, 2.05) is 48.6 Å². The standard InChI is InChI=1S/C13H12OS/c1-11(12-7-5-6-8-12)15(14)13-9-3-2-4-10-13/h2-7,9-10H,1,8H2/t15-/m1/s1. The third-order valence-electron chi connectivity index (χ3n) is 2.31. The molecule has 0 heterocycles. The van der Waals surface area contributed by atoms with Crippen molar-refractivity contribution in [3.8, 4) is 0 Å². The predicted octanol–water partition coefficient (Wildman–Crippen LogP) is 3.19. The highest BCUT2D eigenvalue weighted by molar-refractivity contribution is 7.89. The molecule has 0 N–H and O–H groups in total. The van der Waals surface area contributed by atoms with Crippen LogP contribution in [0.3, 0.4) is 0 Å². The van der Waals surface area contributed by atoms with Crippen LogP contribution in [-0.4, -0.2) is 4.21 Å². The summed E-state index contributed by atoms with van der Waals surface area (Å²) < 4.78 is 12.1. The Morgan fingerprint density at radius 2 is 2.00 bits per heavy atom. The number of allylic oxidation sites excluding steroid dienone is 4. The minimum Gasteiger partial charge on any atom is -0.249 e. The van der Waals surface area contributed by atoms with Crippen molar-refractivity contribution in [2.75, 3.05) is 0 Å². The van der Waals surface area contributed by atoms with Crippen molar-refractivity contribution in [1.82, 2.24) is 0 Å². The molecular weight excluding hydrogens is 204 g/mol. The second-order valence-corrected chi connectivity index (χ2v) is 4.83. The molecule has 15 heavy (non-hydrogen) atoms. The molecular formula is C13H12OS. The van der Waals surface area contributed by atoms with E-state index < -0.39 is 10.8 Å². The number of hydrogen-bond acceptors (Lipinski definition) is 1. The van der Waals surface area contributed by atoms with Crippen LogP contribution in [0.25, 0.3) is 0 Å². The Bertz CT molecular complexity index is 455. The summed E-state index contributed by atoms with van der Waals surface area (Å²) in [4.78, 5) is 1.53. The molecule has 2 rings (SSSR count). The summed E-state index contributed by atoms with van der Waals surface area (Å²) in [5, 5.41) is 0. The Labute approximate surface area is 92.3 Å². The molecule has 1 aromatic rings. The van der Waals surface area contributed by atoms with E-state index in [-0.39, 0.29) is 0 Å². The molecule has 0 aliphatic heterocycles.